The van der Waals surface area contributed by atoms with E-state index >= 15 is 0 Å². The predicted molar refractivity (Wildman–Crippen MR) is 87.5 cm³/mol. The van der Waals surface area contributed by atoms with Crippen LogP contribution in [0.2, 0.25) is 0 Å². The smallest absolute Gasteiger partial charge is 0.237 e. The first kappa shape index (κ1) is 15.9. The molecule has 3 aliphatic rings. The number of hydrogen-bond donors (Lipinski definition) is 1. The summed E-state index contributed by atoms with van der Waals surface area (Å²) in [6.07, 6.45) is 2.41. The molecule has 1 aromatic carbocycles. The Bertz CT molecular complexity index is 637. The monoisotopic (exact) mass is 313 g/mol. The van der Waals surface area contributed by atoms with E-state index in [4.69, 9.17) is 5.11 Å². The van der Waals surface area contributed by atoms with Gasteiger partial charge in [-0.1, -0.05) is 48.9 Å². The molecule has 0 saturated carbocycles. The van der Waals surface area contributed by atoms with Gasteiger partial charge < -0.3 is 5.11 Å². The first-order valence-electron chi connectivity index (χ1n) is 8.25. The second kappa shape index (κ2) is 6.28. The number of aliphatic hydroxyl groups excluding tert-OH is 1. The number of hydrogen-bond acceptors (Lipinski definition) is 3. The summed E-state index contributed by atoms with van der Waals surface area (Å²) in [5.41, 5.74) is 2.11. The van der Waals surface area contributed by atoms with Crippen molar-refractivity contribution in [2.45, 2.75) is 26.2 Å². The Morgan fingerprint density at radius 1 is 1.13 bits per heavy atom. The number of carbonyl (C=O) groups excluding carboxylic acids is 2. The van der Waals surface area contributed by atoms with Crippen LogP contribution >= 0.6 is 0 Å². The fourth-order valence-electron chi connectivity index (χ4n) is 4.07. The van der Waals surface area contributed by atoms with Crippen molar-refractivity contribution >= 4 is 11.8 Å². The number of fused-ring (bicyclic) bond motifs is 3. The molecular weight excluding hydrogens is 290 g/mol. The van der Waals surface area contributed by atoms with E-state index in [2.05, 4.69) is 6.92 Å². The summed E-state index contributed by atoms with van der Waals surface area (Å²) in [4.78, 5) is 27.2. The lowest BCUT2D eigenvalue weighted by molar-refractivity contribution is -0.146. The van der Waals surface area contributed by atoms with Crippen molar-refractivity contribution < 1.29 is 14.7 Å². The largest absolute Gasteiger partial charge is 0.396 e. The third-order valence-corrected chi connectivity index (χ3v) is 5.23. The molecule has 1 saturated heterocycles. The van der Waals surface area contributed by atoms with E-state index < -0.39 is 0 Å². The Hall–Kier alpha value is -1.94. The highest BCUT2D eigenvalue weighted by atomic mass is 16.3. The molecule has 2 amide bonds. The Labute approximate surface area is 136 Å². The summed E-state index contributed by atoms with van der Waals surface area (Å²) < 4.78 is 0. The minimum absolute atomic E-state index is 0.0174. The van der Waals surface area contributed by atoms with E-state index in [0.717, 1.165) is 11.1 Å². The molecule has 1 aromatic rings. The summed E-state index contributed by atoms with van der Waals surface area (Å²) >= 11 is 0. The van der Waals surface area contributed by atoms with E-state index in [1.54, 1.807) is 0 Å². The van der Waals surface area contributed by atoms with Crippen molar-refractivity contribution in [1.82, 2.24) is 4.90 Å². The van der Waals surface area contributed by atoms with Crippen LogP contribution in [-0.2, 0) is 9.59 Å². The number of aliphatic hydroxyl groups is 1. The van der Waals surface area contributed by atoms with E-state index in [1.807, 2.05) is 43.3 Å². The molecule has 0 aromatic heterocycles. The molecule has 1 fully saturated rings. The highest BCUT2D eigenvalue weighted by molar-refractivity contribution is 6.02. The first-order valence-corrected chi connectivity index (χ1v) is 8.25. The fraction of sp³-hybridized carbons (Fsp3) is 0.474. The zero-order valence-electron chi connectivity index (χ0n) is 13.6. The first-order chi connectivity index (χ1) is 11.1. The van der Waals surface area contributed by atoms with Crippen molar-refractivity contribution in [1.29, 1.82) is 0 Å². The normalized spacial score (nSPS) is 30.4. The lowest BCUT2D eigenvalue weighted by atomic mass is 9.66. The Balaban J connectivity index is 2.05. The Morgan fingerprint density at radius 3 is 2.48 bits per heavy atom. The molecule has 4 nitrogen and oxygen atoms in total. The van der Waals surface area contributed by atoms with Gasteiger partial charge in [-0.15, -0.1) is 0 Å². The van der Waals surface area contributed by atoms with Crippen LogP contribution in [0.3, 0.4) is 0 Å². The van der Waals surface area contributed by atoms with Gasteiger partial charge in [0.1, 0.15) is 0 Å². The second-order valence-corrected chi connectivity index (χ2v) is 6.61. The molecule has 0 radical (unpaired) electrons. The molecule has 1 aliphatic carbocycles. The predicted octanol–water partition coefficient (Wildman–Crippen LogP) is 2.35. The number of nitrogens with zero attached hydrogens (tertiary/aromatic N) is 1. The lowest BCUT2D eigenvalue weighted by Crippen LogP contribution is -2.41. The second-order valence-electron chi connectivity index (χ2n) is 6.61. The van der Waals surface area contributed by atoms with Gasteiger partial charge in [-0.05, 0) is 24.8 Å². The average molecular weight is 313 g/mol. The zero-order valence-corrected chi connectivity index (χ0v) is 13.6. The number of amides is 2. The highest BCUT2D eigenvalue weighted by Crippen LogP contribution is 2.48. The maximum Gasteiger partial charge on any atom is 0.237 e. The van der Waals surface area contributed by atoms with Gasteiger partial charge in [-0.2, -0.15) is 0 Å². The van der Waals surface area contributed by atoms with Gasteiger partial charge >= 0.3 is 0 Å². The molecule has 0 spiro atoms. The maximum absolute atomic E-state index is 13.0. The third-order valence-electron chi connectivity index (χ3n) is 5.23. The van der Waals surface area contributed by atoms with Crippen LogP contribution in [0.5, 0.6) is 0 Å². The van der Waals surface area contributed by atoms with Crippen LogP contribution in [0.1, 0.15) is 31.7 Å². The molecule has 4 atom stereocenters. The molecule has 2 heterocycles. The van der Waals surface area contributed by atoms with Gasteiger partial charge in [0.2, 0.25) is 11.8 Å². The quantitative estimate of drug-likeness (QED) is 0.686. The minimum Gasteiger partial charge on any atom is -0.396 e. The van der Waals surface area contributed by atoms with E-state index in [-0.39, 0.29) is 42.1 Å². The molecule has 1 N–H and O–H groups in total. The van der Waals surface area contributed by atoms with Crippen LogP contribution in [0, 0.1) is 17.8 Å². The van der Waals surface area contributed by atoms with Gasteiger partial charge in [0.15, 0.2) is 0 Å². The standard InChI is InChI=1S/C19H23NO3/c1-12-11-15-13(2)17(14-7-4-3-5-8-14)16(12)19(23)20(18(15)22)9-6-10-21/h3-5,7-8,11,13,15-17,21H,6,9-10H2,1-2H3/t13-,15-,16-,17+/m1/s1. The van der Waals surface area contributed by atoms with Gasteiger partial charge in [0.05, 0.1) is 11.8 Å². The van der Waals surface area contributed by atoms with Crippen molar-refractivity contribution in [3.63, 3.8) is 0 Å². The summed E-state index contributed by atoms with van der Waals surface area (Å²) in [5, 5.41) is 9.06. The van der Waals surface area contributed by atoms with Crippen LogP contribution in [0.4, 0.5) is 0 Å². The summed E-state index contributed by atoms with van der Waals surface area (Å²) in [5.74, 6) is -0.659. The van der Waals surface area contributed by atoms with Gasteiger partial charge in [-0.25, -0.2) is 0 Å². The number of imide groups is 1. The third kappa shape index (κ3) is 2.61. The number of benzene rings is 1. The molecule has 2 aliphatic heterocycles. The minimum atomic E-state index is -0.284. The van der Waals surface area contributed by atoms with Crippen molar-refractivity contribution in [3.8, 4) is 0 Å². The summed E-state index contributed by atoms with van der Waals surface area (Å²) in [6.45, 7) is 4.31. The van der Waals surface area contributed by atoms with Gasteiger partial charge in [-0.3, -0.25) is 14.5 Å². The van der Waals surface area contributed by atoms with E-state index in [9.17, 15) is 9.59 Å². The Kier molecular flexibility index (Phi) is 4.35. The molecule has 23 heavy (non-hydrogen) atoms. The van der Waals surface area contributed by atoms with E-state index in [0.29, 0.717) is 13.0 Å². The topological polar surface area (TPSA) is 57.6 Å². The Morgan fingerprint density at radius 2 is 1.83 bits per heavy atom. The molecule has 4 heteroatoms. The number of carbonyl (C=O) groups is 2. The number of rotatable bonds is 4. The van der Waals surface area contributed by atoms with E-state index in [1.165, 1.54) is 4.90 Å². The van der Waals surface area contributed by atoms with Gasteiger partial charge in [0.25, 0.3) is 0 Å². The average Bonchev–Trinajstić information content (AvgIpc) is 2.69. The zero-order chi connectivity index (χ0) is 16.6. The van der Waals surface area contributed by atoms with Crippen LogP contribution in [0.15, 0.2) is 42.0 Å². The maximum atomic E-state index is 13.0. The lowest BCUT2D eigenvalue weighted by Gasteiger charge is -2.35. The molecule has 122 valence electrons. The van der Waals surface area contributed by atoms with Crippen LogP contribution in [-0.4, -0.2) is 35.0 Å². The van der Waals surface area contributed by atoms with Crippen LogP contribution < -0.4 is 0 Å². The highest BCUT2D eigenvalue weighted by Gasteiger charge is 2.50. The molecule has 2 bridgehead atoms. The van der Waals surface area contributed by atoms with Crippen molar-refractivity contribution in [2.75, 3.05) is 13.2 Å². The molecule has 0 unspecified atom stereocenters. The van der Waals surface area contributed by atoms with Crippen molar-refractivity contribution in [2.24, 2.45) is 17.8 Å². The SMILES string of the molecule is CC1=C[C@H]2C(=O)N(CCCO)C(=O)[C@H]1[C@H](c1ccccc1)[C@@H]2C. The van der Waals surface area contributed by atoms with Gasteiger partial charge in [0, 0.05) is 19.1 Å². The summed E-state index contributed by atoms with van der Waals surface area (Å²) in [7, 11) is 0. The summed E-state index contributed by atoms with van der Waals surface area (Å²) in [6, 6.07) is 10.0. The molecular formula is C19H23NO3. The van der Waals surface area contributed by atoms with Crippen molar-refractivity contribution in [3.05, 3.63) is 47.5 Å². The van der Waals surface area contributed by atoms with Crippen LogP contribution in [0.25, 0.3) is 0 Å². The molecule has 4 rings (SSSR count). The fourth-order valence-corrected chi connectivity index (χ4v) is 4.07.